The second-order valence-corrected chi connectivity index (χ2v) is 9.27. The van der Waals surface area contributed by atoms with E-state index in [1.165, 1.54) is 0 Å². The number of allylic oxidation sites excluding steroid dienone is 1. The summed E-state index contributed by atoms with van der Waals surface area (Å²) in [7, 11) is 0. The highest BCUT2D eigenvalue weighted by molar-refractivity contribution is 6.30. The summed E-state index contributed by atoms with van der Waals surface area (Å²) in [6, 6.07) is 13.2. The van der Waals surface area contributed by atoms with Crippen LogP contribution in [0.1, 0.15) is 42.3 Å². The molecule has 1 amide bonds. The third-order valence-electron chi connectivity index (χ3n) is 5.33. The number of morpholine rings is 1. The molecular formula is C27H35ClN4O3. The van der Waals surface area contributed by atoms with Gasteiger partial charge in [-0.15, -0.1) is 0 Å². The van der Waals surface area contributed by atoms with Crippen molar-refractivity contribution in [3.63, 3.8) is 0 Å². The Morgan fingerprint density at radius 3 is 2.77 bits per heavy atom. The first kappa shape index (κ1) is 26.7. The second kappa shape index (κ2) is 13.9. The summed E-state index contributed by atoms with van der Waals surface area (Å²) in [6.45, 7) is 11.2. The molecule has 8 heteroatoms. The van der Waals surface area contributed by atoms with Gasteiger partial charge < -0.3 is 20.2 Å². The van der Waals surface area contributed by atoms with Gasteiger partial charge in [0.2, 0.25) is 0 Å². The number of amides is 1. The summed E-state index contributed by atoms with van der Waals surface area (Å²) in [6.07, 6.45) is 3.57. The molecule has 2 aromatic carbocycles. The number of nitrogens with zero attached hydrogens (tertiary/aromatic N) is 2. The molecule has 0 spiro atoms. The Morgan fingerprint density at radius 2 is 2.03 bits per heavy atom. The fourth-order valence-corrected chi connectivity index (χ4v) is 3.77. The van der Waals surface area contributed by atoms with Crippen LogP contribution in [0.2, 0.25) is 5.02 Å². The molecule has 0 aliphatic carbocycles. The van der Waals surface area contributed by atoms with Crippen molar-refractivity contribution in [3.8, 4) is 5.75 Å². The van der Waals surface area contributed by atoms with E-state index in [2.05, 4.69) is 34.6 Å². The Hall–Kier alpha value is -2.87. The van der Waals surface area contributed by atoms with E-state index in [1.807, 2.05) is 55.5 Å². The molecule has 35 heavy (non-hydrogen) atoms. The number of ether oxygens (including phenoxy) is 2. The molecule has 2 N–H and O–H groups in total. The molecule has 0 saturated carbocycles. The fourth-order valence-electron chi connectivity index (χ4n) is 3.57. The molecule has 1 heterocycles. The zero-order chi connectivity index (χ0) is 25.0. The minimum atomic E-state index is -0.212. The Kier molecular flexibility index (Phi) is 10.6. The van der Waals surface area contributed by atoms with Crippen LogP contribution in [0.3, 0.4) is 0 Å². The summed E-state index contributed by atoms with van der Waals surface area (Å²) in [5.41, 5.74) is 5.61. The average molecular weight is 499 g/mol. The number of halogens is 1. The van der Waals surface area contributed by atoms with Crippen LogP contribution in [0.25, 0.3) is 0 Å². The van der Waals surface area contributed by atoms with Crippen LogP contribution in [0.15, 0.2) is 59.7 Å². The minimum Gasteiger partial charge on any atom is -0.493 e. The summed E-state index contributed by atoms with van der Waals surface area (Å²) in [4.78, 5) is 15.3. The zero-order valence-electron chi connectivity index (χ0n) is 20.7. The number of benzene rings is 2. The van der Waals surface area contributed by atoms with Gasteiger partial charge in [-0.25, -0.2) is 0 Å². The minimum absolute atomic E-state index is 0.212. The third-order valence-corrected chi connectivity index (χ3v) is 5.56. The van der Waals surface area contributed by atoms with Crippen molar-refractivity contribution in [2.24, 2.45) is 11.0 Å². The van der Waals surface area contributed by atoms with E-state index >= 15 is 0 Å². The van der Waals surface area contributed by atoms with Gasteiger partial charge in [0.25, 0.3) is 5.91 Å². The van der Waals surface area contributed by atoms with Crippen LogP contribution in [0.5, 0.6) is 5.75 Å². The van der Waals surface area contributed by atoms with Crippen LogP contribution in [-0.2, 0) is 17.8 Å². The average Bonchev–Trinajstić information content (AvgIpc) is 2.84. The number of carbonyl (C=O) groups is 1. The van der Waals surface area contributed by atoms with Gasteiger partial charge >= 0.3 is 0 Å². The molecule has 0 aromatic heterocycles. The molecule has 188 valence electrons. The molecule has 0 atom stereocenters. The quantitative estimate of drug-likeness (QED) is 0.284. The normalized spacial score (nSPS) is 14.9. The Balaban J connectivity index is 1.63. The first-order valence-electron chi connectivity index (χ1n) is 12.0. The van der Waals surface area contributed by atoms with Crippen molar-refractivity contribution in [3.05, 3.63) is 76.3 Å². The van der Waals surface area contributed by atoms with Crippen LogP contribution < -0.4 is 15.5 Å². The van der Waals surface area contributed by atoms with Crippen molar-refractivity contribution in [1.82, 2.24) is 15.6 Å². The van der Waals surface area contributed by atoms with E-state index in [0.29, 0.717) is 35.5 Å². The topological polar surface area (TPSA) is 75.2 Å². The van der Waals surface area contributed by atoms with Gasteiger partial charge in [-0.1, -0.05) is 43.7 Å². The van der Waals surface area contributed by atoms with E-state index in [0.717, 1.165) is 49.7 Å². The highest BCUT2D eigenvalue weighted by Gasteiger charge is 2.13. The maximum atomic E-state index is 12.9. The lowest BCUT2D eigenvalue weighted by atomic mass is 10.1. The number of carbonyl (C=O) groups excluding carboxylic acids is 1. The lowest BCUT2D eigenvalue weighted by molar-refractivity contribution is 0.0342. The molecular weight excluding hydrogens is 464 g/mol. The van der Waals surface area contributed by atoms with Crippen LogP contribution in [0, 0.1) is 5.92 Å². The standard InChI is InChI=1S/C27H35ClN4O3/c1-4-6-26(31-29-17-23-16-24(28)9-10-25(23)35-19-20(2)3)30-27(33)22-8-5-7-21(15-22)18-32-11-13-34-14-12-32/h4-10,15-16,20,29H,11-14,17-19H2,1-3H3,(H,30,31,33)/b6-4+. The monoisotopic (exact) mass is 498 g/mol. The summed E-state index contributed by atoms with van der Waals surface area (Å²) in [5.74, 6) is 1.38. The van der Waals surface area contributed by atoms with Gasteiger partial charge in [0.15, 0.2) is 5.84 Å². The van der Waals surface area contributed by atoms with Gasteiger partial charge in [0, 0.05) is 35.8 Å². The SMILES string of the molecule is C/C=C/C(=N\NCc1cc(Cl)ccc1OCC(C)C)NC(=O)c1cccc(CN2CCOCC2)c1. The van der Waals surface area contributed by atoms with Gasteiger partial charge in [-0.2, -0.15) is 5.10 Å². The van der Waals surface area contributed by atoms with E-state index < -0.39 is 0 Å². The highest BCUT2D eigenvalue weighted by atomic mass is 35.5. The molecule has 0 radical (unpaired) electrons. The number of amidine groups is 1. The molecule has 3 rings (SSSR count). The Labute approximate surface area is 213 Å². The van der Waals surface area contributed by atoms with Crippen molar-refractivity contribution in [2.75, 3.05) is 32.9 Å². The Morgan fingerprint density at radius 1 is 1.23 bits per heavy atom. The highest BCUT2D eigenvalue weighted by Crippen LogP contribution is 2.23. The van der Waals surface area contributed by atoms with Gasteiger partial charge in [0.1, 0.15) is 5.75 Å². The molecule has 1 fully saturated rings. The van der Waals surface area contributed by atoms with E-state index in [-0.39, 0.29) is 5.91 Å². The van der Waals surface area contributed by atoms with Crippen LogP contribution in [-0.4, -0.2) is 49.6 Å². The van der Waals surface area contributed by atoms with Gasteiger partial charge in [-0.05, 0) is 54.8 Å². The zero-order valence-corrected chi connectivity index (χ0v) is 21.5. The predicted molar refractivity (Wildman–Crippen MR) is 141 cm³/mol. The largest absolute Gasteiger partial charge is 0.493 e. The maximum absolute atomic E-state index is 12.9. The van der Waals surface area contributed by atoms with E-state index in [1.54, 1.807) is 6.08 Å². The van der Waals surface area contributed by atoms with Gasteiger partial charge in [-0.3, -0.25) is 9.69 Å². The van der Waals surface area contributed by atoms with E-state index in [4.69, 9.17) is 21.1 Å². The first-order chi connectivity index (χ1) is 16.9. The van der Waals surface area contributed by atoms with Gasteiger partial charge in [0.05, 0.1) is 26.4 Å². The van der Waals surface area contributed by atoms with Crippen molar-refractivity contribution in [1.29, 1.82) is 0 Å². The summed E-state index contributed by atoms with van der Waals surface area (Å²) < 4.78 is 11.3. The number of hydrogen-bond acceptors (Lipinski definition) is 6. The fraction of sp³-hybridized carbons (Fsp3) is 0.407. The molecule has 2 aromatic rings. The lowest BCUT2D eigenvalue weighted by Crippen LogP contribution is -2.35. The second-order valence-electron chi connectivity index (χ2n) is 8.83. The first-order valence-corrected chi connectivity index (χ1v) is 12.4. The van der Waals surface area contributed by atoms with Crippen LogP contribution >= 0.6 is 11.6 Å². The molecule has 1 saturated heterocycles. The molecule has 1 aliphatic heterocycles. The van der Waals surface area contributed by atoms with Crippen molar-refractivity contribution < 1.29 is 14.3 Å². The van der Waals surface area contributed by atoms with Crippen LogP contribution in [0.4, 0.5) is 0 Å². The Bertz CT molecular complexity index is 1030. The summed E-state index contributed by atoms with van der Waals surface area (Å²) >= 11 is 6.19. The van der Waals surface area contributed by atoms with Crippen molar-refractivity contribution >= 4 is 23.3 Å². The lowest BCUT2D eigenvalue weighted by Gasteiger charge is -2.26. The van der Waals surface area contributed by atoms with E-state index in [9.17, 15) is 4.79 Å². The molecule has 0 unspecified atom stereocenters. The smallest absolute Gasteiger partial charge is 0.256 e. The predicted octanol–water partition coefficient (Wildman–Crippen LogP) is 4.62. The number of hydrazone groups is 1. The number of nitrogens with one attached hydrogen (secondary N) is 2. The molecule has 1 aliphatic rings. The molecule has 0 bridgehead atoms. The van der Waals surface area contributed by atoms with Crippen molar-refractivity contribution in [2.45, 2.75) is 33.9 Å². The maximum Gasteiger partial charge on any atom is 0.256 e. The molecule has 7 nitrogen and oxygen atoms in total. The summed E-state index contributed by atoms with van der Waals surface area (Å²) in [5, 5.41) is 7.90. The number of hydrogen-bond donors (Lipinski definition) is 2. The number of rotatable bonds is 10. The third kappa shape index (κ3) is 9.02.